The van der Waals surface area contributed by atoms with E-state index in [1.807, 2.05) is 0 Å². The Morgan fingerprint density at radius 1 is 2.14 bits per heavy atom. The molecule has 0 aromatic heterocycles. The van der Waals surface area contributed by atoms with Gasteiger partial charge >= 0.3 is 0 Å². The summed E-state index contributed by atoms with van der Waals surface area (Å²) in [7, 11) is 0. The normalized spacial score (nSPS) is 20.0. The van der Waals surface area contributed by atoms with Crippen LogP contribution in [-0.2, 0) is 4.79 Å². The molecule has 0 aliphatic rings. The van der Waals surface area contributed by atoms with Crippen molar-refractivity contribution in [2.24, 2.45) is 0 Å². The van der Waals surface area contributed by atoms with Crippen molar-refractivity contribution < 1.29 is 11.3 Å². The van der Waals surface area contributed by atoms with Crippen LogP contribution in [0, 0.1) is 0 Å². The summed E-state index contributed by atoms with van der Waals surface area (Å²) in [5.74, 6) is 0. The Bertz CT molecular complexity index is 74.8. The third-order valence-corrected chi connectivity index (χ3v) is 0.719. The molecule has 2 atom stereocenters. The first-order valence-corrected chi connectivity index (χ1v) is 2.28. The van der Waals surface area contributed by atoms with E-state index in [9.17, 15) is 4.79 Å². The summed E-state index contributed by atoms with van der Waals surface area (Å²) in [6.07, 6.45) is -0.839. The molecule has 0 spiro atoms. The van der Waals surface area contributed by atoms with Crippen LogP contribution in [0.1, 0.15) is 21.1 Å². The van der Waals surface area contributed by atoms with Crippen LogP contribution in [0.3, 0.4) is 0 Å². The first-order chi connectivity index (χ1) is 3.72. The van der Waals surface area contributed by atoms with Gasteiger partial charge in [-0.2, -0.15) is 0 Å². The van der Waals surface area contributed by atoms with Crippen molar-refractivity contribution in [1.29, 1.82) is 0 Å². The number of carbonyl (C=O) groups excluding carboxylic acids is 1. The highest BCUT2D eigenvalue weighted by Crippen LogP contribution is 1.90. The van der Waals surface area contributed by atoms with Gasteiger partial charge in [0.05, 0.1) is 6.10 Å². The second kappa shape index (κ2) is 3.81. The van der Waals surface area contributed by atoms with Crippen molar-refractivity contribution in [1.82, 2.24) is 0 Å². The van der Waals surface area contributed by atoms with E-state index >= 15 is 0 Å². The summed E-state index contributed by atoms with van der Waals surface area (Å²) in [6.45, 7) is 1.73. The minimum atomic E-state index is -0.958. The Hall–Kier alpha value is -0.370. The first-order valence-electron chi connectivity index (χ1n) is 2.85. The van der Waals surface area contributed by atoms with E-state index in [1.54, 1.807) is 6.92 Å². The van der Waals surface area contributed by atoms with E-state index in [0.29, 0.717) is 12.7 Å². The maximum atomic E-state index is 9.76. The van der Waals surface area contributed by atoms with Gasteiger partial charge in [0.25, 0.3) is 0 Å². The van der Waals surface area contributed by atoms with Crippen LogP contribution in [0.25, 0.3) is 0 Å². The largest absolute Gasteiger partial charge is 0.393 e. The van der Waals surface area contributed by atoms with Crippen LogP contribution in [0.5, 0.6) is 0 Å². The zero-order valence-electron chi connectivity index (χ0n) is 5.29. The van der Waals surface area contributed by atoms with Crippen LogP contribution in [0.4, 0.5) is 0 Å². The van der Waals surface area contributed by atoms with Crippen molar-refractivity contribution in [2.45, 2.75) is 25.8 Å². The number of hydrogen-bond acceptors (Lipinski definition) is 2. The molecule has 0 radical (unpaired) electrons. The summed E-state index contributed by atoms with van der Waals surface area (Å²) < 4.78 is 6.81. The number of hydrogen-bond donors (Lipinski definition) is 1. The molecule has 0 aliphatic heterocycles. The van der Waals surface area contributed by atoms with Gasteiger partial charge in [-0.15, -0.1) is 0 Å². The molecule has 2 unspecified atom stereocenters. The van der Waals surface area contributed by atoms with Crippen molar-refractivity contribution in [3.8, 4) is 0 Å². The van der Waals surface area contributed by atoms with Gasteiger partial charge in [0, 0.05) is 7.77 Å². The van der Waals surface area contributed by atoms with Crippen LogP contribution >= 0.6 is 0 Å². The average molecular weight is 103 g/mol. The molecular weight excluding hydrogens is 92.1 g/mol. The number of rotatable bonds is 3. The van der Waals surface area contributed by atoms with Crippen LogP contribution in [0.2, 0.25) is 0 Å². The summed E-state index contributed by atoms with van der Waals surface area (Å²) in [6, 6.07) is 0. The Labute approximate surface area is 44.6 Å². The Morgan fingerprint density at radius 2 is 2.71 bits per heavy atom. The van der Waals surface area contributed by atoms with Crippen molar-refractivity contribution >= 4 is 6.29 Å². The van der Waals surface area contributed by atoms with Gasteiger partial charge in [-0.1, -0.05) is 6.92 Å². The molecule has 1 N–H and O–H groups in total. The molecule has 0 aromatic rings. The molecule has 0 aromatic carbocycles. The lowest BCUT2D eigenvalue weighted by Gasteiger charge is -1.97. The van der Waals surface area contributed by atoms with Crippen molar-refractivity contribution in [3.63, 3.8) is 0 Å². The van der Waals surface area contributed by atoms with E-state index in [2.05, 4.69) is 0 Å². The molecule has 0 saturated carbocycles. The zero-order valence-corrected chi connectivity index (χ0v) is 4.29. The van der Waals surface area contributed by atoms with Crippen LogP contribution < -0.4 is 0 Å². The molecule has 0 amide bonds. The molecule has 7 heavy (non-hydrogen) atoms. The van der Waals surface area contributed by atoms with Crippen LogP contribution in [-0.4, -0.2) is 17.5 Å². The Kier molecular flexibility index (Phi) is 2.60. The third-order valence-electron chi connectivity index (χ3n) is 0.719. The van der Waals surface area contributed by atoms with E-state index in [1.165, 1.54) is 0 Å². The second-order valence-corrected chi connectivity index (χ2v) is 1.30. The lowest BCUT2D eigenvalue weighted by atomic mass is 10.2. The van der Waals surface area contributed by atoms with Gasteiger partial charge in [0.2, 0.25) is 0 Å². The Morgan fingerprint density at radius 3 is 2.86 bits per heavy atom. The fourth-order valence-corrected chi connectivity index (χ4v) is 0.227. The predicted molar refractivity (Wildman–Crippen MR) is 27.0 cm³/mol. The standard InChI is InChI=1S/C5H10O2/c1-2-5(7)3-4-6/h4-5,7H,2-3H2,1H3/i3D. The van der Waals surface area contributed by atoms with Crippen molar-refractivity contribution in [2.75, 3.05) is 0 Å². The smallest absolute Gasteiger partial charge is 0.122 e. The topological polar surface area (TPSA) is 37.3 Å². The molecule has 0 bridgehead atoms. The molecule has 0 heterocycles. The molecule has 0 fully saturated rings. The van der Waals surface area contributed by atoms with Gasteiger partial charge < -0.3 is 9.90 Å². The van der Waals surface area contributed by atoms with Gasteiger partial charge in [-0.3, -0.25) is 0 Å². The highest BCUT2D eigenvalue weighted by Gasteiger charge is 1.95. The van der Waals surface area contributed by atoms with Crippen LogP contribution in [0.15, 0.2) is 0 Å². The van der Waals surface area contributed by atoms with E-state index in [-0.39, 0.29) is 0 Å². The minimum absolute atomic E-state index is 0.439. The highest BCUT2D eigenvalue weighted by atomic mass is 16.3. The molecular formula is C5H10O2. The monoisotopic (exact) mass is 103 g/mol. The maximum absolute atomic E-state index is 9.76. The molecule has 42 valence electrons. The molecule has 0 aliphatic carbocycles. The molecule has 2 heteroatoms. The van der Waals surface area contributed by atoms with E-state index in [0.717, 1.165) is 0 Å². The molecule has 0 rings (SSSR count). The fraction of sp³-hybridized carbons (Fsp3) is 0.800. The van der Waals surface area contributed by atoms with Gasteiger partial charge in [0.1, 0.15) is 6.29 Å². The summed E-state index contributed by atoms with van der Waals surface area (Å²) in [4.78, 5) is 9.76. The predicted octanol–water partition coefficient (Wildman–Crippen LogP) is 0.346. The van der Waals surface area contributed by atoms with Gasteiger partial charge in [-0.25, -0.2) is 0 Å². The summed E-state index contributed by atoms with van der Waals surface area (Å²) >= 11 is 0. The second-order valence-electron chi connectivity index (χ2n) is 1.30. The summed E-state index contributed by atoms with van der Waals surface area (Å²) in [5, 5.41) is 8.71. The number of aliphatic hydroxyl groups is 1. The number of aldehydes is 1. The zero-order chi connectivity index (χ0) is 6.57. The molecule has 0 saturated heterocycles. The van der Waals surface area contributed by atoms with E-state index in [4.69, 9.17) is 6.48 Å². The maximum Gasteiger partial charge on any atom is 0.122 e. The average Bonchev–Trinajstić information content (AvgIpc) is 1.84. The third kappa shape index (κ3) is 3.46. The lowest BCUT2D eigenvalue weighted by molar-refractivity contribution is -0.109. The quantitative estimate of drug-likeness (QED) is 0.523. The molecule has 2 nitrogen and oxygen atoms in total. The first kappa shape index (κ1) is 4.78. The number of carbonyl (C=O) groups is 1. The van der Waals surface area contributed by atoms with E-state index < -0.39 is 12.5 Å². The van der Waals surface area contributed by atoms with Gasteiger partial charge in [-0.05, 0) is 6.42 Å². The summed E-state index contributed by atoms with van der Waals surface area (Å²) in [5.41, 5.74) is 0. The number of aliphatic hydroxyl groups excluding tert-OH is 1. The van der Waals surface area contributed by atoms with Gasteiger partial charge in [0.15, 0.2) is 0 Å². The Balaban J connectivity index is 3.44. The van der Waals surface area contributed by atoms with Crippen molar-refractivity contribution in [3.05, 3.63) is 0 Å². The minimum Gasteiger partial charge on any atom is -0.393 e. The fourth-order valence-electron chi connectivity index (χ4n) is 0.227. The highest BCUT2D eigenvalue weighted by molar-refractivity contribution is 5.49. The SMILES string of the molecule is [2H]C(C=O)C(O)CC. The lowest BCUT2D eigenvalue weighted by Crippen LogP contribution is -2.03.